The van der Waals surface area contributed by atoms with Crippen molar-refractivity contribution in [3.05, 3.63) is 54.1 Å². The number of ether oxygens (including phenoxy) is 1. The van der Waals surface area contributed by atoms with Crippen molar-refractivity contribution in [1.82, 2.24) is 0 Å². The van der Waals surface area contributed by atoms with E-state index in [1.165, 1.54) is 13.2 Å². The Labute approximate surface area is 146 Å². The average molecular weight is 358 g/mol. The lowest BCUT2D eigenvalue weighted by atomic mass is 10.1. The highest BCUT2D eigenvalue weighted by Gasteiger charge is 2.25. The van der Waals surface area contributed by atoms with Crippen LogP contribution in [0.2, 0.25) is 0 Å². The number of nitrogens with one attached hydrogen (secondary N) is 2. The topological polar surface area (TPSA) is 84.5 Å². The first-order valence-electron chi connectivity index (χ1n) is 7.78. The Morgan fingerprint density at radius 3 is 2.68 bits per heavy atom. The van der Waals surface area contributed by atoms with E-state index in [-0.39, 0.29) is 16.6 Å². The molecule has 1 aliphatic heterocycles. The number of benzene rings is 2. The van der Waals surface area contributed by atoms with E-state index in [1.54, 1.807) is 36.4 Å². The maximum absolute atomic E-state index is 12.7. The smallest absolute Gasteiger partial charge is 0.265 e. The van der Waals surface area contributed by atoms with E-state index in [9.17, 15) is 13.2 Å². The van der Waals surface area contributed by atoms with Crippen LogP contribution in [0.3, 0.4) is 0 Å². The van der Waals surface area contributed by atoms with Gasteiger partial charge in [-0.05, 0) is 36.8 Å². The summed E-state index contributed by atoms with van der Waals surface area (Å²) in [7, 11) is -2.40. The number of rotatable bonds is 5. The predicted octanol–water partition coefficient (Wildman–Crippen LogP) is 3.24. The first-order chi connectivity index (χ1) is 12.0. The highest BCUT2D eigenvalue weighted by atomic mass is 32.2. The highest BCUT2D eigenvalue weighted by Crippen LogP contribution is 2.35. The SMILES string of the molecule is CC/C=C1\C(=O)Nc2ccc(NS(=O)(=O)c3ccccc3OC)cc21. The Kier molecular flexibility index (Phi) is 4.50. The van der Waals surface area contributed by atoms with Crippen LogP contribution in [0.5, 0.6) is 5.75 Å². The largest absolute Gasteiger partial charge is 0.495 e. The molecule has 1 aliphatic rings. The summed E-state index contributed by atoms with van der Waals surface area (Å²) in [6.07, 6.45) is 2.53. The molecule has 0 saturated carbocycles. The molecule has 0 spiro atoms. The Bertz CT molecular complexity index is 965. The lowest BCUT2D eigenvalue weighted by molar-refractivity contribution is -0.110. The summed E-state index contributed by atoms with van der Waals surface area (Å²) < 4.78 is 33.0. The zero-order valence-electron chi connectivity index (χ0n) is 13.9. The summed E-state index contributed by atoms with van der Waals surface area (Å²) in [5.74, 6) is 0.0844. The van der Waals surface area contributed by atoms with Gasteiger partial charge in [0.1, 0.15) is 10.6 Å². The van der Waals surface area contributed by atoms with Crippen molar-refractivity contribution < 1.29 is 17.9 Å². The Balaban J connectivity index is 1.97. The van der Waals surface area contributed by atoms with E-state index in [4.69, 9.17) is 4.74 Å². The van der Waals surface area contributed by atoms with E-state index in [1.807, 2.05) is 13.0 Å². The molecule has 3 rings (SSSR count). The number of amides is 1. The van der Waals surface area contributed by atoms with Crippen molar-refractivity contribution >= 4 is 32.9 Å². The molecule has 1 heterocycles. The fourth-order valence-corrected chi connectivity index (χ4v) is 3.93. The van der Waals surface area contributed by atoms with Crippen LogP contribution in [0.1, 0.15) is 18.9 Å². The molecule has 0 bridgehead atoms. The zero-order chi connectivity index (χ0) is 18.0. The van der Waals surface area contributed by atoms with Crippen LogP contribution >= 0.6 is 0 Å². The molecule has 130 valence electrons. The van der Waals surface area contributed by atoms with Crippen LogP contribution in [0.25, 0.3) is 5.57 Å². The monoisotopic (exact) mass is 358 g/mol. The van der Waals surface area contributed by atoms with Gasteiger partial charge >= 0.3 is 0 Å². The molecule has 0 radical (unpaired) electrons. The highest BCUT2D eigenvalue weighted by molar-refractivity contribution is 7.92. The summed E-state index contributed by atoms with van der Waals surface area (Å²) in [4.78, 5) is 12.0. The molecule has 0 unspecified atom stereocenters. The summed E-state index contributed by atoms with van der Waals surface area (Å²) in [5, 5.41) is 2.77. The number of anilines is 2. The van der Waals surface area contributed by atoms with Gasteiger partial charge in [-0.1, -0.05) is 25.1 Å². The minimum atomic E-state index is -3.82. The zero-order valence-corrected chi connectivity index (χ0v) is 14.7. The summed E-state index contributed by atoms with van der Waals surface area (Å²) >= 11 is 0. The number of fused-ring (bicyclic) bond motifs is 1. The number of allylic oxidation sites excluding steroid dienone is 1. The molecule has 2 aromatic carbocycles. The normalized spacial score (nSPS) is 15.0. The van der Waals surface area contributed by atoms with E-state index >= 15 is 0 Å². The van der Waals surface area contributed by atoms with Crippen LogP contribution in [0.15, 0.2) is 53.4 Å². The van der Waals surface area contributed by atoms with Crippen molar-refractivity contribution in [2.24, 2.45) is 0 Å². The standard InChI is InChI=1S/C18H18N2O4S/c1-3-6-13-14-11-12(9-10-15(14)19-18(13)21)20-25(22,23)17-8-5-4-7-16(17)24-2/h4-11,20H,3H2,1-2H3,(H,19,21)/b13-6-. The Hall–Kier alpha value is -2.80. The quantitative estimate of drug-likeness (QED) is 0.804. The number of carbonyl (C=O) groups excluding carboxylic acids is 1. The fourth-order valence-electron chi connectivity index (χ4n) is 2.71. The predicted molar refractivity (Wildman–Crippen MR) is 97.1 cm³/mol. The third kappa shape index (κ3) is 3.23. The van der Waals surface area contributed by atoms with E-state index in [0.29, 0.717) is 28.9 Å². The molecule has 2 N–H and O–H groups in total. The van der Waals surface area contributed by atoms with Gasteiger partial charge in [-0.25, -0.2) is 8.42 Å². The number of methoxy groups -OCH3 is 1. The van der Waals surface area contributed by atoms with Crippen LogP contribution < -0.4 is 14.8 Å². The number of sulfonamides is 1. The molecule has 0 saturated heterocycles. The van der Waals surface area contributed by atoms with Crippen LogP contribution in [0.4, 0.5) is 11.4 Å². The molecule has 0 aliphatic carbocycles. The van der Waals surface area contributed by atoms with E-state index < -0.39 is 10.0 Å². The molecule has 0 fully saturated rings. The second-order valence-corrected chi connectivity index (χ2v) is 7.15. The molecule has 0 aromatic heterocycles. The third-order valence-corrected chi connectivity index (χ3v) is 5.24. The summed E-state index contributed by atoms with van der Waals surface area (Å²) in [5.41, 5.74) is 2.29. The fraction of sp³-hybridized carbons (Fsp3) is 0.167. The number of para-hydroxylation sites is 1. The molecule has 1 amide bonds. The van der Waals surface area contributed by atoms with Gasteiger partial charge in [-0.2, -0.15) is 0 Å². The Morgan fingerprint density at radius 1 is 1.20 bits per heavy atom. The van der Waals surface area contributed by atoms with E-state index in [2.05, 4.69) is 10.0 Å². The number of carbonyl (C=O) groups is 1. The van der Waals surface area contributed by atoms with Crippen molar-refractivity contribution in [2.75, 3.05) is 17.1 Å². The first-order valence-corrected chi connectivity index (χ1v) is 9.26. The van der Waals surface area contributed by atoms with Gasteiger partial charge < -0.3 is 10.1 Å². The minimum absolute atomic E-state index is 0.0523. The lowest BCUT2D eigenvalue weighted by Crippen LogP contribution is -2.14. The van der Waals surface area contributed by atoms with Gasteiger partial charge in [0, 0.05) is 22.5 Å². The molecule has 7 heteroatoms. The summed E-state index contributed by atoms with van der Waals surface area (Å²) in [6.45, 7) is 1.94. The van der Waals surface area contributed by atoms with Crippen molar-refractivity contribution in [3.8, 4) is 5.75 Å². The maximum atomic E-state index is 12.7. The van der Waals surface area contributed by atoms with Gasteiger partial charge in [0.2, 0.25) is 0 Å². The second-order valence-electron chi connectivity index (χ2n) is 5.50. The molecular weight excluding hydrogens is 340 g/mol. The molecular formula is C18H18N2O4S. The minimum Gasteiger partial charge on any atom is -0.495 e. The van der Waals surface area contributed by atoms with Gasteiger partial charge in [0.25, 0.3) is 15.9 Å². The average Bonchev–Trinajstić information content (AvgIpc) is 2.90. The van der Waals surface area contributed by atoms with Crippen LogP contribution in [-0.4, -0.2) is 21.4 Å². The van der Waals surface area contributed by atoms with Crippen molar-refractivity contribution in [3.63, 3.8) is 0 Å². The van der Waals surface area contributed by atoms with Crippen molar-refractivity contribution in [2.45, 2.75) is 18.2 Å². The number of hydrogen-bond acceptors (Lipinski definition) is 4. The molecule has 2 aromatic rings. The number of hydrogen-bond donors (Lipinski definition) is 2. The van der Waals surface area contributed by atoms with E-state index in [0.717, 1.165) is 0 Å². The maximum Gasteiger partial charge on any atom is 0.265 e. The molecule has 6 nitrogen and oxygen atoms in total. The van der Waals surface area contributed by atoms with Crippen LogP contribution in [0, 0.1) is 0 Å². The van der Waals surface area contributed by atoms with Crippen LogP contribution in [-0.2, 0) is 14.8 Å². The second kappa shape index (κ2) is 6.60. The van der Waals surface area contributed by atoms with Gasteiger partial charge in [0.15, 0.2) is 0 Å². The first kappa shape index (κ1) is 17.0. The summed E-state index contributed by atoms with van der Waals surface area (Å²) in [6, 6.07) is 11.3. The van der Waals surface area contributed by atoms with Crippen molar-refractivity contribution in [1.29, 1.82) is 0 Å². The third-order valence-electron chi connectivity index (χ3n) is 3.82. The Morgan fingerprint density at radius 2 is 1.96 bits per heavy atom. The van der Waals surface area contributed by atoms with Gasteiger partial charge in [-0.3, -0.25) is 9.52 Å². The lowest BCUT2D eigenvalue weighted by Gasteiger charge is -2.12. The molecule has 0 atom stereocenters. The molecule has 25 heavy (non-hydrogen) atoms. The van der Waals surface area contributed by atoms with Gasteiger partial charge in [-0.15, -0.1) is 0 Å². The van der Waals surface area contributed by atoms with Gasteiger partial charge in [0.05, 0.1) is 7.11 Å².